The number of aliphatic hydroxyl groups is 1. The van der Waals surface area contributed by atoms with Crippen molar-refractivity contribution in [2.45, 2.75) is 39.0 Å². The number of primary amides is 1. The second-order valence-corrected chi connectivity index (χ2v) is 6.13. The first-order valence-corrected chi connectivity index (χ1v) is 7.67. The molecule has 0 spiro atoms. The van der Waals surface area contributed by atoms with Gasteiger partial charge in [-0.1, -0.05) is 13.8 Å². The smallest absolute Gasteiger partial charge is 0.385 e. The highest BCUT2D eigenvalue weighted by atomic mass is 19.4. The summed E-state index contributed by atoms with van der Waals surface area (Å²) in [7, 11) is 0. The Morgan fingerprint density at radius 2 is 1.88 bits per heavy atom. The van der Waals surface area contributed by atoms with Crippen LogP contribution in [0.4, 0.5) is 13.2 Å². The van der Waals surface area contributed by atoms with Gasteiger partial charge in [0.25, 0.3) is 0 Å². The van der Waals surface area contributed by atoms with Crippen molar-refractivity contribution >= 4 is 5.91 Å². The summed E-state index contributed by atoms with van der Waals surface area (Å²) in [5.41, 5.74) is 4.64. The maximum Gasteiger partial charge on any atom is 0.416 e. The van der Waals surface area contributed by atoms with Gasteiger partial charge in [-0.3, -0.25) is 4.79 Å². The van der Waals surface area contributed by atoms with Gasteiger partial charge in [-0.25, -0.2) is 9.67 Å². The minimum absolute atomic E-state index is 0.102. The van der Waals surface area contributed by atoms with Crippen LogP contribution in [0.5, 0.6) is 0 Å². The summed E-state index contributed by atoms with van der Waals surface area (Å²) in [6, 6.07) is 4.31. The van der Waals surface area contributed by atoms with Crippen LogP contribution >= 0.6 is 0 Å². The Bertz CT molecular complexity index is 739. The summed E-state index contributed by atoms with van der Waals surface area (Å²) in [6.45, 7) is 3.82. The molecular formula is C16H19F3N4O2. The van der Waals surface area contributed by atoms with Crippen LogP contribution in [0.3, 0.4) is 0 Å². The maximum atomic E-state index is 12.7. The molecule has 0 bridgehead atoms. The molecule has 0 unspecified atom stereocenters. The number of nitrogens with zero attached hydrogens (tertiary/aromatic N) is 3. The van der Waals surface area contributed by atoms with Crippen LogP contribution in [0.2, 0.25) is 0 Å². The Kier molecular flexibility index (Phi) is 5.46. The Labute approximate surface area is 142 Å². The van der Waals surface area contributed by atoms with E-state index in [1.807, 2.05) is 13.8 Å². The molecule has 25 heavy (non-hydrogen) atoms. The van der Waals surface area contributed by atoms with Crippen molar-refractivity contribution in [1.82, 2.24) is 14.8 Å². The van der Waals surface area contributed by atoms with Gasteiger partial charge in [-0.15, -0.1) is 0 Å². The quantitative estimate of drug-likeness (QED) is 0.831. The molecule has 0 aliphatic heterocycles. The number of hydrogen-bond donors (Lipinski definition) is 2. The molecule has 0 fully saturated rings. The zero-order valence-corrected chi connectivity index (χ0v) is 13.8. The van der Waals surface area contributed by atoms with Gasteiger partial charge in [-0.2, -0.15) is 18.3 Å². The number of nitrogens with two attached hydrogens (primary N) is 1. The van der Waals surface area contributed by atoms with Gasteiger partial charge in [0.05, 0.1) is 17.7 Å². The number of aromatic nitrogens is 3. The number of carbonyl (C=O) groups is 1. The summed E-state index contributed by atoms with van der Waals surface area (Å²) in [5, 5.41) is 14.4. The molecule has 0 saturated heterocycles. The van der Waals surface area contributed by atoms with Crippen LogP contribution in [0.25, 0.3) is 5.69 Å². The van der Waals surface area contributed by atoms with Crippen molar-refractivity contribution in [1.29, 1.82) is 0 Å². The first-order valence-electron chi connectivity index (χ1n) is 7.67. The number of hydrogen-bond acceptors (Lipinski definition) is 4. The van der Waals surface area contributed by atoms with Gasteiger partial charge >= 0.3 is 6.18 Å². The maximum absolute atomic E-state index is 12.7. The van der Waals surface area contributed by atoms with Gasteiger partial charge in [0.2, 0.25) is 5.91 Å². The van der Waals surface area contributed by atoms with Crippen LogP contribution < -0.4 is 5.73 Å². The van der Waals surface area contributed by atoms with E-state index in [4.69, 9.17) is 5.73 Å². The summed E-state index contributed by atoms with van der Waals surface area (Å²) in [5.74, 6) is -0.225. The summed E-state index contributed by atoms with van der Waals surface area (Å²) >= 11 is 0. The predicted octanol–water partition coefficient (Wildman–Crippen LogP) is 2.39. The number of benzene rings is 1. The lowest BCUT2D eigenvalue weighted by Crippen LogP contribution is -2.14. The van der Waals surface area contributed by atoms with Crippen molar-refractivity contribution in [3.05, 3.63) is 41.5 Å². The minimum atomic E-state index is -4.45. The van der Waals surface area contributed by atoms with E-state index >= 15 is 0 Å². The van der Waals surface area contributed by atoms with Crippen LogP contribution in [-0.2, 0) is 17.4 Å². The molecule has 9 heteroatoms. The fourth-order valence-corrected chi connectivity index (χ4v) is 2.35. The molecule has 1 aromatic heterocycles. The SMILES string of the molecule is CC(C)C[C@H](O)c1nc(CC(N)=O)nn1-c1ccc(C(F)(F)F)cc1. The van der Waals surface area contributed by atoms with Crippen molar-refractivity contribution in [2.75, 3.05) is 0 Å². The summed E-state index contributed by atoms with van der Waals surface area (Å²) in [4.78, 5) is 15.2. The van der Waals surface area contributed by atoms with Gasteiger partial charge in [-0.05, 0) is 36.6 Å². The first kappa shape index (κ1) is 18.9. The van der Waals surface area contributed by atoms with Gasteiger partial charge in [0.1, 0.15) is 6.10 Å². The molecule has 3 N–H and O–H groups in total. The van der Waals surface area contributed by atoms with E-state index in [0.29, 0.717) is 12.1 Å². The van der Waals surface area contributed by atoms with Crippen LogP contribution in [0.15, 0.2) is 24.3 Å². The third-order valence-electron chi connectivity index (χ3n) is 3.44. The summed E-state index contributed by atoms with van der Waals surface area (Å²) in [6.07, 6.45) is -5.26. The van der Waals surface area contributed by atoms with E-state index < -0.39 is 23.8 Å². The average Bonchev–Trinajstić information content (AvgIpc) is 2.89. The van der Waals surface area contributed by atoms with Crippen molar-refractivity contribution in [2.24, 2.45) is 11.7 Å². The van der Waals surface area contributed by atoms with Crippen LogP contribution in [0.1, 0.15) is 43.6 Å². The Balaban J connectivity index is 2.43. The lowest BCUT2D eigenvalue weighted by atomic mass is 10.1. The predicted molar refractivity (Wildman–Crippen MR) is 83.7 cm³/mol. The molecule has 0 saturated carbocycles. The third kappa shape index (κ3) is 4.79. The van der Waals surface area contributed by atoms with Crippen molar-refractivity contribution in [3.8, 4) is 5.69 Å². The molecule has 0 aliphatic carbocycles. The Morgan fingerprint density at radius 1 is 1.28 bits per heavy atom. The molecule has 6 nitrogen and oxygen atoms in total. The number of rotatable bonds is 6. The molecule has 2 rings (SSSR count). The van der Waals surface area contributed by atoms with E-state index in [9.17, 15) is 23.1 Å². The van der Waals surface area contributed by atoms with Crippen LogP contribution in [0, 0.1) is 5.92 Å². The van der Waals surface area contributed by atoms with Gasteiger partial charge in [0.15, 0.2) is 11.6 Å². The Morgan fingerprint density at radius 3 is 2.36 bits per heavy atom. The standard InChI is InChI=1S/C16H19F3N4O2/c1-9(2)7-12(24)15-21-14(8-13(20)25)22-23(15)11-5-3-10(4-6-11)16(17,18)19/h3-6,9,12,24H,7-8H2,1-2H3,(H2,20,25)/t12-/m0/s1. The van der Waals surface area contributed by atoms with E-state index in [0.717, 1.165) is 12.1 Å². The molecule has 1 amide bonds. The normalized spacial score (nSPS) is 13.2. The van der Waals surface area contributed by atoms with Crippen molar-refractivity contribution in [3.63, 3.8) is 0 Å². The number of aliphatic hydroxyl groups excluding tert-OH is 1. The van der Waals surface area contributed by atoms with Crippen molar-refractivity contribution < 1.29 is 23.1 Å². The zero-order chi connectivity index (χ0) is 18.8. The van der Waals surface area contributed by atoms with Crippen LogP contribution in [-0.4, -0.2) is 25.8 Å². The zero-order valence-electron chi connectivity index (χ0n) is 13.8. The highest BCUT2D eigenvalue weighted by Crippen LogP contribution is 2.30. The molecule has 0 aliphatic rings. The lowest BCUT2D eigenvalue weighted by molar-refractivity contribution is -0.137. The number of alkyl halides is 3. The fraction of sp³-hybridized carbons (Fsp3) is 0.438. The minimum Gasteiger partial charge on any atom is -0.385 e. The highest BCUT2D eigenvalue weighted by Gasteiger charge is 2.30. The fourth-order valence-electron chi connectivity index (χ4n) is 2.35. The third-order valence-corrected chi connectivity index (χ3v) is 3.44. The molecule has 2 aromatic rings. The van der Waals surface area contributed by atoms with E-state index in [1.165, 1.54) is 16.8 Å². The number of carbonyl (C=O) groups excluding carboxylic acids is 1. The number of halogens is 3. The average molecular weight is 356 g/mol. The molecule has 1 heterocycles. The monoisotopic (exact) mass is 356 g/mol. The second kappa shape index (κ2) is 7.22. The second-order valence-electron chi connectivity index (χ2n) is 6.13. The molecular weight excluding hydrogens is 337 g/mol. The molecule has 0 radical (unpaired) electrons. The van der Waals surface area contributed by atoms with Gasteiger partial charge < -0.3 is 10.8 Å². The van der Waals surface area contributed by atoms with E-state index in [-0.39, 0.29) is 24.0 Å². The van der Waals surface area contributed by atoms with Gasteiger partial charge in [0, 0.05) is 0 Å². The molecule has 136 valence electrons. The largest absolute Gasteiger partial charge is 0.416 e. The van der Waals surface area contributed by atoms with E-state index in [2.05, 4.69) is 10.1 Å². The Hall–Kier alpha value is -2.42. The van der Waals surface area contributed by atoms with E-state index in [1.54, 1.807) is 0 Å². The molecule has 1 aromatic carbocycles. The highest BCUT2D eigenvalue weighted by molar-refractivity contribution is 5.75. The number of amides is 1. The first-order chi connectivity index (χ1) is 11.6. The lowest BCUT2D eigenvalue weighted by Gasteiger charge is -2.14. The topological polar surface area (TPSA) is 94.0 Å². The molecule has 1 atom stereocenters. The summed E-state index contributed by atoms with van der Waals surface area (Å²) < 4.78 is 39.3.